The van der Waals surface area contributed by atoms with Crippen molar-refractivity contribution in [2.75, 3.05) is 6.61 Å². The van der Waals surface area contributed by atoms with E-state index in [1.807, 2.05) is 72.8 Å². The molecule has 0 spiro atoms. The van der Waals surface area contributed by atoms with Crippen LogP contribution in [0.3, 0.4) is 0 Å². The van der Waals surface area contributed by atoms with Crippen LogP contribution in [0.2, 0.25) is 10.0 Å². The second kappa shape index (κ2) is 12.9. The Morgan fingerprint density at radius 2 is 1.27 bits per heavy atom. The highest BCUT2D eigenvalue weighted by Crippen LogP contribution is 2.25. The molecule has 5 nitrogen and oxygen atoms in total. The molecule has 188 valence electrons. The number of carbonyl (C=O) groups is 2. The Hall–Kier alpha value is -3.80. The lowest BCUT2D eigenvalue weighted by Gasteiger charge is -2.31. The van der Waals surface area contributed by atoms with Crippen LogP contribution < -0.4 is 10.1 Å². The molecule has 7 heteroatoms. The van der Waals surface area contributed by atoms with Crippen molar-refractivity contribution in [2.24, 2.45) is 0 Å². The SMILES string of the molecule is O=C(NCc1ccc(Cl)cc1)[C@@H](c1ccccc1)N(Cc1ccc(Cl)cc1)C(=O)COc1ccccc1. The summed E-state index contributed by atoms with van der Waals surface area (Å²) in [7, 11) is 0. The number of halogens is 2. The minimum Gasteiger partial charge on any atom is -0.484 e. The maximum Gasteiger partial charge on any atom is 0.261 e. The second-order valence-electron chi connectivity index (χ2n) is 8.41. The third-order valence-electron chi connectivity index (χ3n) is 5.75. The van der Waals surface area contributed by atoms with Gasteiger partial charge in [-0.3, -0.25) is 9.59 Å². The van der Waals surface area contributed by atoms with E-state index in [0.717, 1.165) is 11.1 Å². The average molecular weight is 533 g/mol. The van der Waals surface area contributed by atoms with Gasteiger partial charge in [-0.2, -0.15) is 0 Å². The first kappa shape index (κ1) is 26.3. The van der Waals surface area contributed by atoms with E-state index in [0.29, 0.717) is 27.9 Å². The van der Waals surface area contributed by atoms with Crippen LogP contribution >= 0.6 is 23.2 Å². The van der Waals surface area contributed by atoms with Gasteiger partial charge < -0.3 is 15.0 Å². The number of amides is 2. The van der Waals surface area contributed by atoms with Crippen molar-refractivity contribution >= 4 is 35.0 Å². The molecule has 0 unspecified atom stereocenters. The summed E-state index contributed by atoms with van der Waals surface area (Å²) >= 11 is 12.1. The molecule has 2 amide bonds. The average Bonchev–Trinajstić information content (AvgIpc) is 2.93. The zero-order chi connectivity index (χ0) is 26.0. The van der Waals surface area contributed by atoms with Crippen LogP contribution in [-0.4, -0.2) is 23.3 Å². The zero-order valence-electron chi connectivity index (χ0n) is 20.0. The van der Waals surface area contributed by atoms with E-state index in [1.165, 1.54) is 0 Å². The number of ether oxygens (including phenoxy) is 1. The predicted molar refractivity (Wildman–Crippen MR) is 146 cm³/mol. The van der Waals surface area contributed by atoms with Crippen LogP contribution in [0.15, 0.2) is 109 Å². The lowest BCUT2D eigenvalue weighted by molar-refractivity contribution is -0.143. The molecule has 4 aromatic rings. The predicted octanol–water partition coefficient (Wildman–Crippen LogP) is 6.46. The summed E-state index contributed by atoms with van der Waals surface area (Å²) in [6.07, 6.45) is 0. The van der Waals surface area contributed by atoms with E-state index in [9.17, 15) is 9.59 Å². The third kappa shape index (κ3) is 7.59. The molecule has 0 radical (unpaired) electrons. The van der Waals surface area contributed by atoms with Gasteiger partial charge >= 0.3 is 0 Å². The Balaban J connectivity index is 1.62. The molecular weight excluding hydrogens is 507 g/mol. The zero-order valence-corrected chi connectivity index (χ0v) is 21.5. The summed E-state index contributed by atoms with van der Waals surface area (Å²) in [5.41, 5.74) is 2.43. The summed E-state index contributed by atoms with van der Waals surface area (Å²) < 4.78 is 5.76. The maximum atomic E-state index is 13.7. The molecule has 0 saturated heterocycles. The Morgan fingerprint density at radius 1 is 0.730 bits per heavy atom. The highest BCUT2D eigenvalue weighted by molar-refractivity contribution is 6.30. The van der Waals surface area contributed by atoms with Crippen LogP contribution in [0.4, 0.5) is 0 Å². The van der Waals surface area contributed by atoms with E-state index >= 15 is 0 Å². The van der Waals surface area contributed by atoms with E-state index < -0.39 is 6.04 Å². The summed E-state index contributed by atoms with van der Waals surface area (Å²) in [6, 6.07) is 31.9. The lowest BCUT2D eigenvalue weighted by atomic mass is 10.0. The second-order valence-corrected chi connectivity index (χ2v) is 9.28. The number of benzene rings is 4. The summed E-state index contributed by atoms with van der Waals surface area (Å²) in [4.78, 5) is 28.8. The lowest BCUT2D eigenvalue weighted by Crippen LogP contribution is -2.45. The quantitative estimate of drug-likeness (QED) is 0.255. The van der Waals surface area contributed by atoms with Crippen molar-refractivity contribution in [1.29, 1.82) is 0 Å². The largest absolute Gasteiger partial charge is 0.484 e. The van der Waals surface area contributed by atoms with Gasteiger partial charge in [0.05, 0.1) is 0 Å². The number of carbonyl (C=O) groups excluding carboxylic acids is 2. The fraction of sp³-hybridized carbons (Fsp3) is 0.133. The number of nitrogens with zero attached hydrogens (tertiary/aromatic N) is 1. The number of hydrogen-bond acceptors (Lipinski definition) is 3. The van der Waals surface area contributed by atoms with Gasteiger partial charge in [0.15, 0.2) is 6.61 Å². The van der Waals surface area contributed by atoms with Gasteiger partial charge in [0.1, 0.15) is 11.8 Å². The Labute approximate surface area is 226 Å². The van der Waals surface area contributed by atoms with Gasteiger partial charge in [0.2, 0.25) is 5.91 Å². The molecule has 0 saturated carbocycles. The first-order chi connectivity index (χ1) is 18.0. The standard InChI is InChI=1S/C30H26Cl2N2O3/c31-25-15-11-22(12-16-25)19-33-30(36)29(24-7-3-1-4-8-24)34(20-23-13-17-26(32)18-14-23)28(35)21-37-27-9-5-2-6-10-27/h1-18,29H,19-21H2,(H,33,36)/t29-/m1/s1. The van der Waals surface area contributed by atoms with Crippen molar-refractivity contribution in [3.63, 3.8) is 0 Å². The minimum atomic E-state index is -0.879. The third-order valence-corrected chi connectivity index (χ3v) is 6.25. The normalized spacial score (nSPS) is 11.4. The van der Waals surface area contributed by atoms with Gasteiger partial charge in [-0.25, -0.2) is 0 Å². The molecule has 0 aromatic heterocycles. The Kier molecular flexibility index (Phi) is 9.19. The van der Waals surface area contributed by atoms with E-state index in [4.69, 9.17) is 27.9 Å². The molecule has 0 heterocycles. The Morgan fingerprint density at radius 3 is 1.86 bits per heavy atom. The molecule has 0 fully saturated rings. The fourth-order valence-electron chi connectivity index (χ4n) is 3.85. The molecular formula is C30H26Cl2N2O3. The minimum absolute atomic E-state index is 0.197. The monoisotopic (exact) mass is 532 g/mol. The number of hydrogen-bond donors (Lipinski definition) is 1. The van der Waals surface area contributed by atoms with Crippen molar-refractivity contribution in [1.82, 2.24) is 10.2 Å². The van der Waals surface area contributed by atoms with Crippen molar-refractivity contribution in [3.05, 3.63) is 136 Å². The van der Waals surface area contributed by atoms with Crippen molar-refractivity contribution in [3.8, 4) is 5.75 Å². The van der Waals surface area contributed by atoms with Crippen LogP contribution in [0.1, 0.15) is 22.7 Å². The number of para-hydroxylation sites is 1. The highest BCUT2D eigenvalue weighted by atomic mass is 35.5. The fourth-order valence-corrected chi connectivity index (χ4v) is 4.10. The van der Waals surface area contributed by atoms with Crippen LogP contribution in [0, 0.1) is 0 Å². The topological polar surface area (TPSA) is 58.6 Å². The molecule has 0 aliphatic carbocycles. The molecule has 0 bridgehead atoms. The molecule has 4 rings (SSSR count). The molecule has 37 heavy (non-hydrogen) atoms. The van der Waals surface area contributed by atoms with Gasteiger partial charge in [-0.1, -0.05) is 96.0 Å². The summed E-state index contributed by atoms with van der Waals surface area (Å²) in [5, 5.41) is 4.20. The molecule has 1 atom stereocenters. The molecule has 1 N–H and O–H groups in total. The first-order valence-corrected chi connectivity index (χ1v) is 12.5. The Bertz CT molecular complexity index is 1300. The van der Waals surface area contributed by atoms with Crippen molar-refractivity contribution in [2.45, 2.75) is 19.1 Å². The molecule has 0 aliphatic heterocycles. The highest BCUT2D eigenvalue weighted by Gasteiger charge is 2.31. The summed E-state index contributed by atoms with van der Waals surface area (Å²) in [5.74, 6) is -0.0526. The smallest absolute Gasteiger partial charge is 0.261 e. The van der Waals surface area contributed by atoms with E-state index in [-0.39, 0.29) is 25.0 Å². The molecule has 4 aromatic carbocycles. The van der Waals surface area contributed by atoms with Gasteiger partial charge in [0.25, 0.3) is 5.91 Å². The number of rotatable bonds is 10. The van der Waals surface area contributed by atoms with Crippen LogP contribution in [0.25, 0.3) is 0 Å². The van der Waals surface area contributed by atoms with Gasteiger partial charge in [-0.15, -0.1) is 0 Å². The maximum absolute atomic E-state index is 13.7. The van der Waals surface area contributed by atoms with E-state index in [2.05, 4.69) is 5.32 Å². The van der Waals surface area contributed by atoms with Crippen LogP contribution in [-0.2, 0) is 22.7 Å². The summed E-state index contributed by atoms with van der Waals surface area (Å²) in [6.45, 7) is 0.274. The van der Waals surface area contributed by atoms with Crippen LogP contribution in [0.5, 0.6) is 5.75 Å². The first-order valence-electron chi connectivity index (χ1n) is 11.8. The van der Waals surface area contributed by atoms with Crippen molar-refractivity contribution < 1.29 is 14.3 Å². The number of nitrogens with one attached hydrogen (secondary N) is 1. The molecule has 0 aliphatic rings. The van der Waals surface area contributed by atoms with Gasteiger partial charge in [0, 0.05) is 23.1 Å². The van der Waals surface area contributed by atoms with E-state index in [1.54, 1.807) is 41.3 Å². The van der Waals surface area contributed by atoms with Gasteiger partial charge in [-0.05, 0) is 53.1 Å².